The second-order valence-electron chi connectivity index (χ2n) is 8.08. The molecule has 3 fully saturated rings. The Morgan fingerprint density at radius 1 is 1.22 bits per heavy atom. The zero-order valence-electron chi connectivity index (χ0n) is 15.0. The molecular formula is C20H23N3O3S. The Bertz CT molecular complexity index is 847. The van der Waals surface area contributed by atoms with Crippen LogP contribution in [0.25, 0.3) is 0 Å². The molecule has 0 aromatic carbocycles. The number of anilines is 1. The molecule has 6 nitrogen and oxygen atoms in total. The summed E-state index contributed by atoms with van der Waals surface area (Å²) >= 11 is 1.32. The van der Waals surface area contributed by atoms with Crippen molar-refractivity contribution in [2.45, 2.75) is 44.6 Å². The van der Waals surface area contributed by atoms with E-state index in [9.17, 15) is 9.59 Å². The van der Waals surface area contributed by atoms with Crippen LogP contribution in [0.15, 0.2) is 28.2 Å². The van der Waals surface area contributed by atoms with E-state index in [2.05, 4.69) is 15.6 Å². The number of hydrogen-bond acceptors (Lipinski definition) is 5. The molecule has 5 atom stereocenters. The molecule has 5 rings (SSSR count). The van der Waals surface area contributed by atoms with Crippen molar-refractivity contribution < 1.29 is 14.0 Å². The minimum atomic E-state index is -0.335. The van der Waals surface area contributed by atoms with Gasteiger partial charge in [0.15, 0.2) is 10.9 Å². The number of carbonyl (C=O) groups is 2. The number of amides is 2. The molecule has 2 aromatic heterocycles. The van der Waals surface area contributed by atoms with Gasteiger partial charge in [0.1, 0.15) is 0 Å². The number of furan rings is 1. The zero-order chi connectivity index (χ0) is 18.4. The molecule has 0 radical (unpaired) electrons. The molecule has 3 aliphatic rings. The maximum Gasteiger partial charge on any atom is 0.293 e. The van der Waals surface area contributed by atoms with Crippen molar-refractivity contribution in [1.29, 1.82) is 0 Å². The maximum atomic E-state index is 12.5. The third-order valence-corrected chi connectivity index (χ3v) is 7.44. The maximum absolute atomic E-state index is 12.5. The molecule has 142 valence electrons. The van der Waals surface area contributed by atoms with Crippen LogP contribution in [0, 0.1) is 23.7 Å². The third kappa shape index (κ3) is 3.18. The van der Waals surface area contributed by atoms with Gasteiger partial charge < -0.3 is 9.73 Å². The van der Waals surface area contributed by atoms with Gasteiger partial charge in [-0.15, -0.1) is 11.3 Å². The van der Waals surface area contributed by atoms with E-state index >= 15 is 0 Å². The van der Waals surface area contributed by atoms with E-state index in [1.165, 1.54) is 43.3 Å². The molecule has 0 spiro atoms. The number of thiazole rings is 1. The molecule has 0 unspecified atom stereocenters. The number of rotatable bonds is 5. The Labute approximate surface area is 161 Å². The lowest BCUT2D eigenvalue weighted by atomic mass is 9.79. The van der Waals surface area contributed by atoms with Crippen LogP contribution in [0.4, 0.5) is 5.13 Å². The predicted octanol–water partition coefficient (Wildman–Crippen LogP) is 3.47. The molecule has 3 aliphatic carbocycles. The first-order valence-corrected chi connectivity index (χ1v) is 10.6. The average molecular weight is 385 g/mol. The minimum absolute atomic E-state index is 0.0382. The molecular weight excluding hydrogens is 362 g/mol. The van der Waals surface area contributed by atoms with Crippen molar-refractivity contribution >= 4 is 28.3 Å². The van der Waals surface area contributed by atoms with Crippen LogP contribution < -0.4 is 10.6 Å². The molecule has 3 saturated carbocycles. The summed E-state index contributed by atoms with van der Waals surface area (Å²) in [5.41, 5.74) is 0.689. The lowest BCUT2D eigenvalue weighted by Gasteiger charge is -2.32. The number of nitrogens with zero attached hydrogens (tertiary/aromatic N) is 1. The lowest BCUT2D eigenvalue weighted by Crippen LogP contribution is -2.43. The summed E-state index contributed by atoms with van der Waals surface area (Å²) in [6.07, 6.45) is 8.29. The molecule has 2 aromatic rings. The molecule has 0 aliphatic heterocycles. The van der Waals surface area contributed by atoms with Crippen LogP contribution in [0.2, 0.25) is 0 Å². The summed E-state index contributed by atoms with van der Waals surface area (Å²) in [7, 11) is 0. The molecule has 27 heavy (non-hydrogen) atoms. The van der Waals surface area contributed by atoms with Gasteiger partial charge in [-0.1, -0.05) is 6.42 Å². The average Bonchev–Trinajstić information content (AvgIpc) is 3.43. The van der Waals surface area contributed by atoms with Crippen LogP contribution in [0.5, 0.6) is 0 Å². The minimum Gasteiger partial charge on any atom is -0.459 e. The van der Waals surface area contributed by atoms with Crippen molar-refractivity contribution in [1.82, 2.24) is 10.3 Å². The first-order valence-electron chi connectivity index (χ1n) is 9.76. The molecule has 7 heteroatoms. The summed E-state index contributed by atoms with van der Waals surface area (Å²) in [6, 6.07) is 3.61. The highest BCUT2D eigenvalue weighted by Gasteiger charge is 2.53. The molecule has 0 saturated heterocycles. The number of hydrogen-bond donors (Lipinski definition) is 2. The highest BCUT2D eigenvalue weighted by Crippen LogP contribution is 2.58. The predicted molar refractivity (Wildman–Crippen MR) is 101 cm³/mol. The normalized spacial score (nSPS) is 31.0. The van der Waals surface area contributed by atoms with Gasteiger partial charge in [0.05, 0.1) is 18.4 Å². The molecule has 2 N–H and O–H groups in total. The highest BCUT2D eigenvalue weighted by atomic mass is 32.1. The van der Waals surface area contributed by atoms with Crippen LogP contribution in [0.3, 0.4) is 0 Å². The Balaban J connectivity index is 1.15. The van der Waals surface area contributed by atoms with Gasteiger partial charge in [0, 0.05) is 11.4 Å². The summed E-state index contributed by atoms with van der Waals surface area (Å²) in [5, 5.41) is 8.27. The summed E-state index contributed by atoms with van der Waals surface area (Å²) in [4.78, 5) is 28.8. The van der Waals surface area contributed by atoms with Gasteiger partial charge in [-0.2, -0.15) is 0 Å². The van der Waals surface area contributed by atoms with Crippen molar-refractivity contribution in [3.8, 4) is 0 Å². The lowest BCUT2D eigenvalue weighted by molar-refractivity contribution is -0.121. The van der Waals surface area contributed by atoms with Gasteiger partial charge in [0.25, 0.3) is 5.91 Å². The van der Waals surface area contributed by atoms with E-state index in [0.717, 1.165) is 24.2 Å². The smallest absolute Gasteiger partial charge is 0.293 e. The van der Waals surface area contributed by atoms with Gasteiger partial charge in [-0.25, -0.2) is 4.98 Å². The fraction of sp³-hybridized carbons (Fsp3) is 0.550. The number of carbonyl (C=O) groups excluding carboxylic acids is 2. The van der Waals surface area contributed by atoms with Crippen LogP contribution in [0.1, 0.15) is 48.4 Å². The van der Waals surface area contributed by atoms with E-state index < -0.39 is 0 Å². The van der Waals surface area contributed by atoms with Gasteiger partial charge >= 0.3 is 0 Å². The zero-order valence-corrected chi connectivity index (χ0v) is 15.8. The number of fused-ring (bicyclic) bond motifs is 5. The Morgan fingerprint density at radius 3 is 2.96 bits per heavy atom. The Morgan fingerprint density at radius 2 is 2.11 bits per heavy atom. The molecule has 2 bridgehead atoms. The van der Waals surface area contributed by atoms with Crippen molar-refractivity contribution in [2.75, 3.05) is 5.32 Å². The van der Waals surface area contributed by atoms with Gasteiger partial charge in [-0.3, -0.25) is 14.9 Å². The molecule has 2 amide bonds. The molecule has 2 heterocycles. The number of nitrogens with one attached hydrogen (secondary N) is 2. The standard InChI is InChI=1S/C20H23N3O3S/c24-18(22-16-8-11-7-15(16)14-4-1-3-13(11)14)9-12-10-27-20(21-12)23-19(25)17-5-2-6-26-17/h2,5-6,10-11,13-16H,1,3-4,7-9H2,(H,22,24)(H,21,23,25)/t11-,13+,14-,15+,16-/m1/s1. The number of aromatic nitrogens is 1. The Kier molecular flexibility index (Phi) is 4.27. The van der Waals surface area contributed by atoms with E-state index in [0.29, 0.717) is 22.8 Å². The van der Waals surface area contributed by atoms with Crippen LogP contribution in [-0.2, 0) is 11.2 Å². The Hall–Kier alpha value is -2.15. The van der Waals surface area contributed by atoms with E-state index in [1.54, 1.807) is 12.1 Å². The SMILES string of the molecule is O=C(Cc1csc(NC(=O)c2ccco2)n1)N[C@@H]1C[C@H]2C[C@H]1[C@@H]1CCC[C@@H]21. The van der Waals surface area contributed by atoms with E-state index in [1.807, 2.05) is 5.38 Å². The third-order valence-electron chi connectivity index (χ3n) is 6.63. The van der Waals surface area contributed by atoms with E-state index in [4.69, 9.17) is 4.42 Å². The second-order valence-corrected chi connectivity index (χ2v) is 8.94. The highest BCUT2D eigenvalue weighted by molar-refractivity contribution is 7.14. The van der Waals surface area contributed by atoms with Crippen molar-refractivity contribution in [2.24, 2.45) is 23.7 Å². The van der Waals surface area contributed by atoms with E-state index in [-0.39, 0.29) is 24.0 Å². The summed E-state index contributed by atoms with van der Waals surface area (Å²) in [5.74, 6) is 3.24. The van der Waals surface area contributed by atoms with Crippen molar-refractivity contribution in [3.05, 3.63) is 35.2 Å². The monoisotopic (exact) mass is 385 g/mol. The fourth-order valence-corrected chi connectivity index (χ4v) is 6.37. The van der Waals surface area contributed by atoms with Crippen LogP contribution >= 0.6 is 11.3 Å². The summed E-state index contributed by atoms with van der Waals surface area (Å²) < 4.78 is 5.07. The van der Waals surface area contributed by atoms with Crippen molar-refractivity contribution in [3.63, 3.8) is 0 Å². The second kappa shape index (κ2) is 6.78. The quantitative estimate of drug-likeness (QED) is 0.825. The van der Waals surface area contributed by atoms with Gasteiger partial charge in [0.2, 0.25) is 5.91 Å². The topological polar surface area (TPSA) is 84.2 Å². The van der Waals surface area contributed by atoms with Crippen LogP contribution in [-0.4, -0.2) is 22.8 Å². The largest absolute Gasteiger partial charge is 0.459 e. The summed E-state index contributed by atoms with van der Waals surface area (Å²) in [6.45, 7) is 0. The first-order chi connectivity index (χ1) is 13.2. The first kappa shape index (κ1) is 17.0. The van der Waals surface area contributed by atoms with Gasteiger partial charge in [-0.05, 0) is 61.5 Å². The fourth-order valence-electron chi connectivity index (χ4n) is 5.67.